The Morgan fingerprint density at radius 3 is 2.56 bits per heavy atom. The van der Waals surface area contributed by atoms with Gasteiger partial charge in [-0.05, 0) is 43.8 Å². The number of pyridine rings is 1. The predicted octanol–water partition coefficient (Wildman–Crippen LogP) is 4.17. The van der Waals surface area contributed by atoms with Gasteiger partial charge in [-0.1, -0.05) is 29.4 Å². The first kappa shape index (κ1) is 13.4. The second-order valence-electron chi connectivity index (χ2n) is 3.99. The van der Waals surface area contributed by atoms with E-state index in [2.05, 4.69) is 29.4 Å². The molecule has 2 rings (SSSR count). The zero-order valence-electron chi connectivity index (χ0n) is 10.4. The van der Waals surface area contributed by atoms with Crippen LogP contribution in [0.4, 0.5) is 0 Å². The molecule has 1 aromatic heterocycles. The molecule has 0 radical (unpaired) electrons. The monoisotopic (exact) mass is 278 g/mol. The lowest BCUT2D eigenvalue weighted by molar-refractivity contribution is 0.652. The van der Waals surface area contributed by atoms with Crippen LogP contribution in [0.25, 0.3) is 0 Å². The third-order valence-electron chi connectivity index (χ3n) is 2.77. The minimum absolute atomic E-state index is 0.308. The Hall–Kier alpha value is -1.03. The van der Waals surface area contributed by atoms with Gasteiger partial charge >= 0.3 is 0 Å². The average Bonchev–Trinajstić information content (AvgIpc) is 2.41. The molecule has 0 aliphatic rings. The fourth-order valence-corrected chi connectivity index (χ4v) is 2.68. The number of benzene rings is 1. The number of hydrogen-bond donors (Lipinski definition) is 1. The van der Waals surface area contributed by atoms with Gasteiger partial charge in [0, 0.05) is 28.2 Å². The number of hydrogen-bond acceptors (Lipinski definition) is 3. The van der Waals surface area contributed by atoms with Crippen molar-refractivity contribution < 1.29 is 0 Å². The summed E-state index contributed by atoms with van der Waals surface area (Å²) in [6.07, 6.45) is 3.57. The second-order valence-corrected chi connectivity index (χ2v) is 5.51. The molecule has 1 unspecified atom stereocenters. The molecule has 1 atom stereocenters. The van der Waals surface area contributed by atoms with Crippen LogP contribution in [0.2, 0.25) is 5.02 Å². The summed E-state index contributed by atoms with van der Waals surface area (Å²) in [5.74, 6) is 0. The summed E-state index contributed by atoms with van der Waals surface area (Å²) < 4.78 is 0. The van der Waals surface area contributed by atoms with Gasteiger partial charge in [0.2, 0.25) is 0 Å². The zero-order chi connectivity index (χ0) is 13.0. The molecule has 0 saturated heterocycles. The van der Waals surface area contributed by atoms with Crippen molar-refractivity contribution in [3.63, 3.8) is 0 Å². The van der Waals surface area contributed by atoms with E-state index in [0.717, 1.165) is 14.8 Å². The highest BCUT2D eigenvalue weighted by molar-refractivity contribution is 7.99. The standard InChI is InChI=1S/C14H15ClN2S/c1-10(16-2)11-3-4-14(13(15)9-11)18-12-5-7-17-8-6-12/h3-10,16H,1-2H3. The highest BCUT2D eigenvalue weighted by Gasteiger charge is 2.07. The molecule has 0 aliphatic carbocycles. The molecule has 94 valence electrons. The summed E-state index contributed by atoms with van der Waals surface area (Å²) in [5, 5.41) is 3.99. The number of halogens is 1. The van der Waals surface area contributed by atoms with Gasteiger partial charge in [0.25, 0.3) is 0 Å². The molecule has 1 aromatic carbocycles. The summed E-state index contributed by atoms with van der Waals surface area (Å²) in [6, 6.07) is 10.5. The maximum atomic E-state index is 6.32. The number of nitrogens with zero attached hydrogens (tertiary/aromatic N) is 1. The van der Waals surface area contributed by atoms with Crippen molar-refractivity contribution in [1.29, 1.82) is 0 Å². The van der Waals surface area contributed by atoms with E-state index >= 15 is 0 Å². The van der Waals surface area contributed by atoms with Crippen LogP contribution in [0.3, 0.4) is 0 Å². The van der Waals surface area contributed by atoms with Gasteiger partial charge in [-0.25, -0.2) is 0 Å². The normalized spacial score (nSPS) is 12.4. The average molecular weight is 279 g/mol. The van der Waals surface area contributed by atoms with E-state index < -0.39 is 0 Å². The molecular weight excluding hydrogens is 264 g/mol. The van der Waals surface area contributed by atoms with Crippen molar-refractivity contribution in [1.82, 2.24) is 10.3 Å². The number of nitrogens with one attached hydrogen (secondary N) is 1. The summed E-state index contributed by atoms with van der Waals surface area (Å²) in [4.78, 5) is 6.21. The van der Waals surface area contributed by atoms with Crippen LogP contribution in [-0.4, -0.2) is 12.0 Å². The lowest BCUT2D eigenvalue weighted by Crippen LogP contribution is -2.12. The molecule has 0 saturated carbocycles. The largest absolute Gasteiger partial charge is 0.313 e. The minimum Gasteiger partial charge on any atom is -0.313 e. The van der Waals surface area contributed by atoms with Crippen LogP contribution in [0.5, 0.6) is 0 Å². The first-order chi connectivity index (χ1) is 8.70. The molecular formula is C14H15ClN2S. The topological polar surface area (TPSA) is 24.9 Å². The zero-order valence-corrected chi connectivity index (χ0v) is 11.9. The van der Waals surface area contributed by atoms with Crippen LogP contribution in [0.1, 0.15) is 18.5 Å². The van der Waals surface area contributed by atoms with Gasteiger partial charge in [-0.15, -0.1) is 0 Å². The molecule has 0 aliphatic heterocycles. The Morgan fingerprint density at radius 1 is 1.22 bits per heavy atom. The second kappa shape index (κ2) is 6.23. The molecule has 0 spiro atoms. The van der Waals surface area contributed by atoms with Gasteiger partial charge in [-0.3, -0.25) is 4.98 Å². The summed E-state index contributed by atoms with van der Waals surface area (Å²) in [5.41, 5.74) is 1.20. The third kappa shape index (κ3) is 3.25. The number of aromatic nitrogens is 1. The van der Waals surface area contributed by atoms with Crippen molar-refractivity contribution in [2.45, 2.75) is 22.8 Å². The molecule has 1 heterocycles. The van der Waals surface area contributed by atoms with E-state index in [0.29, 0.717) is 6.04 Å². The maximum absolute atomic E-state index is 6.32. The van der Waals surface area contributed by atoms with Crippen LogP contribution in [-0.2, 0) is 0 Å². The molecule has 2 aromatic rings. The molecule has 0 bridgehead atoms. The van der Waals surface area contributed by atoms with Crippen molar-refractivity contribution in [2.24, 2.45) is 0 Å². The van der Waals surface area contributed by atoms with Gasteiger partial charge in [0.15, 0.2) is 0 Å². The molecule has 2 nitrogen and oxygen atoms in total. The van der Waals surface area contributed by atoms with Crippen LogP contribution in [0, 0.1) is 0 Å². The van der Waals surface area contributed by atoms with Gasteiger partial charge < -0.3 is 5.32 Å². The highest BCUT2D eigenvalue weighted by atomic mass is 35.5. The van der Waals surface area contributed by atoms with Crippen LogP contribution >= 0.6 is 23.4 Å². The summed E-state index contributed by atoms with van der Waals surface area (Å²) >= 11 is 7.97. The Morgan fingerprint density at radius 2 is 1.94 bits per heavy atom. The van der Waals surface area contributed by atoms with Crippen molar-refractivity contribution in [3.8, 4) is 0 Å². The Bertz CT molecular complexity index is 516. The maximum Gasteiger partial charge on any atom is 0.0548 e. The Balaban J connectivity index is 2.20. The lowest BCUT2D eigenvalue weighted by Gasteiger charge is -2.12. The van der Waals surface area contributed by atoms with E-state index in [-0.39, 0.29) is 0 Å². The molecule has 0 amide bonds. The fourth-order valence-electron chi connectivity index (χ4n) is 1.57. The Labute approximate surface area is 117 Å². The summed E-state index contributed by atoms with van der Waals surface area (Å²) in [6.45, 7) is 2.11. The lowest BCUT2D eigenvalue weighted by atomic mass is 10.1. The van der Waals surface area contributed by atoms with E-state index in [1.165, 1.54) is 5.56 Å². The predicted molar refractivity (Wildman–Crippen MR) is 77.3 cm³/mol. The van der Waals surface area contributed by atoms with Crippen molar-refractivity contribution in [2.75, 3.05) is 7.05 Å². The fraction of sp³-hybridized carbons (Fsp3) is 0.214. The van der Waals surface area contributed by atoms with Crippen LogP contribution < -0.4 is 5.32 Å². The summed E-state index contributed by atoms with van der Waals surface area (Å²) in [7, 11) is 1.94. The third-order valence-corrected chi connectivity index (χ3v) is 4.28. The molecule has 0 fully saturated rings. The molecule has 1 N–H and O–H groups in total. The van der Waals surface area contributed by atoms with E-state index in [4.69, 9.17) is 11.6 Å². The first-order valence-corrected chi connectivity index (χ1v) is 6.94. The SMILES string of the molecule is CNC(C)c1ccc(Sc2ccncc2)c(Cl)c1. The first-order valence-electron chi connectivity index (χ1n) is 5.75. The number of rotatable bonds is 4. The van der Waals surface area contributed by atoms with Crippen LogP contribution in [0.15, 0.2) is 52.5 Å². The van der Waals surface area contributed by atoms with E-state index in [9.17, 15) is 0 Å². The Kier molecular flexibility index (Phi) is 4.64. The minimum atomic E-state index is 0.308. The quantitative estimate of drug-likeness (QED) is 0.909. The smallest absolute Gasteiger partial charge is 0.0548 e. The van der Waals surface area contributed by atoms with Gasteiger partial charge in [0.05, 0.1) is 5.02 Å². The molecule has 4 heteroatoms. The highest BCUT2D eigenvalue weighted by Crippen LogP contribution is 2.34. The van der Waals surface area contributed by atoms with E-state index in [1.807, 2.05) is 25.2 Å². The van der Waals surface area contributed by atoms with Gasteiger partial charge in [0.1, 0.15) is 0 Å². The van der Waals surface area contributed by atoms with Gasteiger partial charge in [-0.2, -0.15) is 0 Å². The van der Waals surface area contributed by atoms with Crippen molar-refractivity contribution >= 4 is 23.4 Å². The van der Waals surface area contributed by atoms with Crippen molar-refractivity contribution in [3.05, 3.63) is 53.3 Å². The molecule has 18 heavy (non-hydrogen) atoms. The van der Waals surface area contributed by atoms with E-state index in [1.54, 1.807) is 24.2 Å².